The van der Waals surface area contributed by atoms with Crippen molar-refractivity contribution < 1.29 is 9.36 Å². The third kappa shape index (κ3) is 4.30. The third-order valence-electron chi connectivity index (χ3n) is 4.65. The summed E-state index contributed by atoms with van der Waals surface area (Å²) in [6.45, 7) is 5.92. The average molecular weight is 306 g/mol. The molecule has 1 aliphatic carbocycles. The molecule has 0 heterocycles. The number of hydrogen-bond donors (Lipinski definition) is 0. The van der Waals surface area contributed by atoms with Crippen molar-refractivity contribution in [1.82, 2.24) is 0 Å². The molecule has 116 valence electrons. The molecular weight excluding hydrogens is 279 g/mol. The van der Waals surface area contributed by atoms with E-state index in [1.807, 2.05) is 32.9 Å². The van der Waals surface area contributed by atoms with Gasteiger partial charge in [0.05, 0.1) is 0 Å². The van der Waals surface area contributed by atoms with Gasteiger partial charge in [0.15, 0.2) is 0 Å². The zero-order chi connectivity index (χ0) is 15.4. The molecule has 0 saturated heterocycles. The predicted molar refractivity (Wildman–Crippen MR) is 90.0 cm³/mol. The van der Waals surface area contributed by atoms with Crippen LogP contribution in [0.1, 0.15) is 65.6 Å². The lowest BCUT2D eigenvalue weighted by molar-refractivity contribution is 0.107. The van der Waals surface area contributed by atoms with Crippen molar-refractivity contribution in [2.45, 2.75) is 59.3 Å². The van der Waals surface area contributed by atoms with E-state index in [9.17, 15) is 9.36 Å². The van der Waals surface area contributed by atoms with Crippen molar-refractivity contribution in [1.29, 1.82) is 0 Å². The summed E-state index contributed by atoms with van der Waals surface area (Å²) < 4.78 is 12.3. The number of carbonyl (C=O) groups is 1. The molecule has 2 rings (SSSR count). The number of carbonyl (C=O) groups excluding carboxylic acids is 1. The molecule has 1 aromatic rings. The first-order chi connectivity index (χ1) is 9.99. The van der Waals surface area contributed by atoms with Crippen LogP contribution >= 0.6 is 7.80 Å². The fourth-order valence-corrected chi connectivity index (χ4v) is 5.07. The summed E-state index contributed by atoms with van der Waals surface area (Å²) in [5.41, 5.74) is 3.67. The summed E-state index contributed by atoms with van der Waals surface area (Å²) in [5.74, 6) is 0.817. The molecule has 0 bridgehead atoms. The third-order valence-corrected chi connectivity index (χ3v) is 6.21. The van der Waals surface area contributed by atoms with Gasteiger partial charge in [0, 0.05) is 11.7 Å². The minimum Gasteiger partial charge on any atom is -0.318 e. The van der Waals surface area contributed by atoms with Crippen molar-refractivity contribution in [3.05, 3.63) is 34.4 Å². The van der Waals surface area contributed by atoms with E-state index >= 15 is 0 Å². The standard InChI is InChI=1S/C18H27O2P/c1-13-11-14(2)17(15(3)12-13)18(19)21(20)10-6-9-16-7-4-5-8-16/h11-12,16,21H,4-10H2,1-3H3. The Labute approximate surface area is 129 Å². The van der Waals surface area contributed by atoms with Gasteiger partial charge in [-0.25, -0.2) is 0 Å². The van der Waals surface area contributed by atoms with E-state index in [-0.39, 0.29) is 5.52 Å². The normalized spacial score (nSPS) is 17.1. The molecule has 0 aliphatic heterocycles. The van der Waals surface area contributed by atoms with E-state index in [0.29, 0.717) is 11.7 Å². The van der Waals surface area contributed by atoms with Crippen molar-refractivity contribution in [2.75, 3.05) is 6.16 Å². The largest absolute Gasteiger partial charge is 0.318 e. The Bertz CT molecular complexity index is 519. The van der Waals surface area contributed by atoms with E-state index in [1.165, 1.54) is 25.7 Å². The van der Waals surface area contributed by atoms with E-state index < -0.39 is 7.80 Å². The molecule has 2 nitrogen and oxygen atoms in total. The van der Waals surface area contributed by atoms with Gasteiger partial charge in [-0.15, -0.1) is 0 Å². The van der Waals surface area contributed by atoms with Crippen molar-refractivity contribution in [3.8, 4) is 0 Å². The minimum atomic E-state index is -2.16. The van der Waals surface area contributed by atoms with Gasteiger partial charge in [-0.2, -0.15) is 0 Å². The smallest absolute Gasteiger partial charge is 0.219 e. The fourth-order valence-electron chi connectivity index (χ4n) is 3.64. The number of rotatable bonds is 6. The van der Waals surface area contributed by atoms with Gasteiger partial charge in [-0.05, 0) is 44.2 Å². The van der Waals surface area contributed by atoms with Crippen LogP contribution < -0.4 is 0 Å². The van der Waals surface area contributed by atoms with Crippen LogP contribution in [0.2, 0.25) is 0 Å². The van der Waals surface area contributed by atoms with E-state index in [2.05, 4.69) is 0 Å². The Morgan fingerprint density at radius 2 is 1.71 bits per heavy atom. The number of hydrogen-bond acceptors (Lipinski definition) is 2. The molecule has 0 radical (unpaired) electrons. The van der Waals surface area contributed by atoms with Crippen LogP contribution in [0.3, 0.4) is 0 Å². The molecule has 21 heavy (non-hydrogen) atoms. The highest BCUT2D eigenvalue weighted by Gasteiger charge is 2.20. The Balaban J connectivity index is 1.94. The molecule has 0 amide bonds. The maximum atomic E-state index is 12.5. The Hall–Kier alpha value is -0.880. The van der Waals surface area contributed by atoms with Gasteiger partial charge in [0.1, 0.15) is 7.80 Å². The van der Waals surface area contributed by atoms with Crippen LogP contribution in [0.15, 0.2) is 12.1 Å². The van der Waals surface area contributed by atoms with Crippen LogP contribution in [-0.2, 0) is 4.57 Å². The van der Waals surface area contributed by atoms with Crippen molar-refractivity contribution in [2.24, 2.45) is 5.92 Å². The van der Waals surface area contributed by atoms with Crippen LogP contribution in [0.5, 0.6) is 0 Å². The molecule has 0 N–H and O–H groups in total. The Kier molecular flexibility index (Phi) is 5.81. The Morgan fingerprint density at radius 1 is 1.14 bits per heavy atom. The molecule has 1 saturated carbocycles. The lowest BCUT2D eigenvalue weighted by atomic mass is 10.0. The van der Waals surface area contributed by atoms with E-state index in [4.69, 9.17) is 0 Å². The lowest BCUT2D eigenvalue weighted by Gasteiger charge is -2.11. The molecule has 1 aliphatic rings. The first-order valence-electron chi connectivity index (χ1n) is 8.14. The van der Waals surface area contributed by atoms with Gasteiger partial charge in [0.25, 0.3) is 0 Å². The van der Waals surface area contributed by atoms with E-state index in [1.54, 1.807) is 0 Å². The highest BCUT2D eigenvalue weighted by Crippen LogP contribution is 2.34. The molecular formula is C18H27O2P. The second-order valence-electron chi connectivity index (χ2n) is 6.57. The van der Waals surface area contributed by atoms with E-state index in [0.717, 1.165) is 35.4 Å². The van der Waals surface area contributed by atoms with Crippen LogP contribution in [0.25, 0.3) is 0 Å². The summed E-state index contributed by atoms with van der Waals surface area (Å²) in [6, 6.07) is 4.02. The second-order valence-corrected chi connectivity index (χ2v) is 8.37. The zero-order valence-electron chi connectivity index (χ0n) is 13.5. The maximum absolute atomic E-state index is 12.5. The predicted octanol–water partition coefficient (Wildman–Crippen LogP) is 5.28. The SMILES string of the molecule is Cc1cc(C)c(C(=O)[PH](=O)CCCC2CCCC2)c(C)c1. The summed E-state index contributed by atoms with van der Waals surface area (Å²) in [5, 5.41) is 0. The van der Waals surface area contributed by atoms with Gasteiger partial charge in [0.2, 0.25) is 5.52 Å². The van der Waals surface area contributed by atoms with Crippen LogP contribution in [-0.4, -0.2) is 11.7 Å². The summed E-state index contributed by atoms with van der Waals surface area (Å²) in [4.78, 5) is 12.5. The number of benzene rings is 1. The molecule has 1 fully saturated rings. The molecule has 1 aromatic carbocycles. The highest BCUT2D eigenvalue weighted by atomic mass is 31.1. The lowest BCUT2D eigenvalue weighted by Crippen LogP contribution is -2.03. The zero-order valence-corrected chi connectivity index (χ0v) is 14.5. The first kappa shape index (κ1) is 16.5. The molecule has 1 unspecified atom stereocenters. The number of aryl methyl sites for hydroxylation is 3. The first-order valence-corrected chi connectivity index (χ1v) is 9.76. The highest BCUT2D eigenvalue weighted by molar-refractivity contribution is 7.64. The Morgan fingerprint density at radius 3 is 2.29 bits per heavy atom. The molecule has 1 atom stereocenters. The summed E-state index contributed by atoms with van der Waals surface area (Å²) in [6.07, 6.45) is 8.03. The van der Waals surface area contributed by atoms with Crippen molar-refractivity contribution >= 4 is 13.3 Å². The van der Waals surface area contributed by atoms with Crippen molar-refractivity contribution in [3.63, 3.8) is 0 Å². The monoisotopic (exact) mass is 306 g/mol. The summed E-state index contributed by atoms with van der Waals surface area (Å²) in [7, 11) is -2.16. The summed E-state index contributed by atoms with van der Waals surface area (Å²) >= 11 is 0. The average Bonchev–Trinajstić information content (AvgIpc) is 2.90. The quantitative estimate of drug-likeness (QED) is 0.670. The van der Waals surface area contributed by atoms with Crippen LogP contribution in [0, 0.1) is 26.7 Å². The second kappa shape index (κ2) is 7.40. The molecule has 0 aromatic heterocycles. The van der Waals surface area contributed by atoms with Gasteiger partial charge in [-0.1, -0.05) is 49.8 Å². The van der Waals surface area contributed by atoms with Gasteiger partial charge in [-0.3, -0.25) is 4.79 Å². The topological polar surface area (TPSA) is 34.1 Å². The van der Waals surface area contributed by atoms with Gasteiger partial charge < -0.3 is 4.57 Å². The minimum absolute atomic E-state index is 0.110. The van der Waals surface area contributed by atoms with Crippen LogP contribution in [0.4, 0.5) is 0 Å². The molecule has 3 heteroatoms. The molecule has 0 spiro atoms. The van der Waals surface area contributed by atoms with Gasteiger partial charge >= 0.3 is 0 Å². The maximum Gasteiger partial charge on any atom is 0.219 e. The fraction of sp³-hybridized carbons (Fsp3) is 0.611.